The van der Waals surface area contributed by atoms with Gasteiger partial charge in [0.25, 0.3) is 5.91 Å². The van der Waals surface area contributed by atoms with Gasteiger partial charge in [-0.15, -0.1) is 0 Å². The van der Waals surface area contributed by atoms with Gasteiger partial charge in [0, 0.05) is 30.1 Å². The number of fused-ring (bicyclic) bond motifs is 1. The Bertz CT molecular complexity index is 1010. The van der Waals surface area contributed by atoms with Crippen molar-refractivity contribution in [3.63, 3.8) is 0 Å². The van der Waals surface area contributed by atoms with E-state index in [1.807, 2.05) is 53.4 Å². The van der Waals surface area contributed by atoms with E-state index in [0.717, 1.165) is 16.5 Å². The summed E-state index contributed by atoms with van der Waals surface area (Å²) in [5.41, 5.74) is 2.91. The fraction of sp³-hybridized carbons (Fsp3) is 0.273. The number of hydrogen-bond acceptors (Lipinski definition) is 5. The van der Waals surface area contributed by atoms with Crippen LogP contribution in [0.4, 0.5) is 0 Å². The van der Waals surface area contributed by atoms with Crippen molar-refractivity contribution in [3.05, 3.63) is 54.1 Å². The number of amides is 1. The fourth-order valence-corrected chi connectivity index (χ4v) is 3.44. The number of benzene rings is 2. The number of para-hydroxylation sites is 1. The minimum Gasteiger partial charge on any atom is -0.497 e. The molecule has 1 aliphatic heterocycles. The zero-order valence-electron chi connectivity index (χ0n) is 16.0. The van der Waals surface area contributed by atoms with Gasteiger partial charge in [0.1, 0.15) is 11.5 Å². The summed E-state index contributed by atoms with van der Waals surface area (Å²) in [6.07, 6.45) is 0. The number of methoxy groups -OCH3 is 2. The predicted molar refractivity (Wildman–Crippen MR) is 107 cm³/mol. The molecule has 0 saturated carbocycles. The van der Waals surface area contributed by atoms with Crippen LogP contribution in [0.25, 0.3) is 22.2 Å². The number of morpholine rings is 1. The maximum atomic E-state index is 13.2. The second-order valence-corrected chi connectivity index (χ2v) is 6.54. The third-order valence-electron chi connectivity index (χ3n) is 4.93. The van der Waals surface area contributed by atoms with Crippen LogP contribution in [0.3, 0.4) is 0 Å². The van der Waals surface area contributed by atoms with E-state index in [0.29, 0.717) is 49.1 Å². The summed E-state index contributed by atoms with van der Waals surface area (Å²) >= 11 is 0. The van der Waals surface area contributed by atoms with Crippen LogP contribution in [-0.4, -0.2) is 56.3 Å². The molecule has 0 unspecified atom stereocenters. The summed E-state index contributed by atoms with van der Waals surface area (Å²) in [7, 11) is 3.22. The zero-order valence-corrected chi connectivity index (χ0v) is 16.0. The number of aromatic nitrogens is 1. The largest absolute Gasteiger partial charge is 0.497 e. The lowest BCUT2D eigenvalue weighted by Crippen LogP contribution is -2.40. The molecule has 0 N–H and O–H groups in total. The van der Waals surface area contributed by atoms with Crippen molar-refractivity contribution in [3.8, 4) is 22.8 Å². The van der Waals surface area contributed by atoms with E-state index in [4.69, 9.17) is 19.2 Å². The van der Waals surface area contributed by atoms with Crippen molar-refractivity contribution in [2.75, 3.05) is 40.5 Å². The van der Waals surface area contributed by atoms with Gasteiger partial charge >= 0.3 is 0 Å². The first-order valence-corrected chi connectivity index (χ1v) is 9.20. The van der Waals surface area contributed by atoms with Crippen LogP contribution < -0.4 is 9.47 Å². The maximum absolute atomic E-state index is 13.2. The number of rotatable bonds is 4. The van der Waals surface area contributed by atoms with Crippen LogP contribution in [0.2, 0.25) is 0 Å². The van der Waals surface area contributed by atoms with Crippen LogP contribution in [-0.2, 0) is 4.74 Å². The summed E-state index contributed by atoms with van der Waals surface area (Å²) in [5.74, 6) is 1.34. The number of pyridine rings is 1. The number of carbonyl (C=O) groups excluding carboxylic acids is 1. The van der Waals surface area contributed by atoms with Crippen LogP contribution >= 0.6 is 0 Å². The highest BCUT2D eigenvalue weighted by Crippen LogP contribution is 2.34. The molecule has 0 aliphatic carbocycles. The standard InChI is InChI=1S/C22H22N2O4/c1-26-15-7-8-17(21(13-15)27-2)20-14-18(16-5-3-4-6-19(16)23-20)22(25)24-9-11-28-12-10-24/h3-8,13-14H,9-12H2,1-2H3. The van der Waals surface area contributed by atoms with E-state index in [1.54, 1.807) is 14.2 Å². The summed E-state index contributed by atoms with van der Waals surface area (Å²) < 4.78 is 16.2. The minimum absolute atomic E-state index is 0.00405. The van der Waals surface area contributed by atoms with Gasteiger partial charge in [-0.2, -0.15) is 0 Å². The van der Waals surface area contributed by atoms with Gasteiger partial charge in [0.05, 0.1) is 44.2 Å². The number of hydrogen-bond donors (Lipinski definition) is 0. The van der Waals surface area contributed by atoms with E-state index < -0.39 is 0 Å². The van der Waals surface area contributed by atoms with Crippen molar-refractivity contribution in [1.82, 2.24) is 9.88 Å². The molecule has 0 bridgehead atoms. The third kappa shape index (κ3) is 3.39. The Morgan fingerprint density at radius 1 is 1.04 bits per heavy atom. The Labute approximate surface area is 163 Å². The van der Waals surface area contributed by atoms with Gasteiger partial charge in [-0.05, 0) is 24.3 Å². The van der Waals surface area contributed by atoms with Crippen LogP contribution in [0.1, 0.15) is 10.4 Å². The van der Waals surface area contributed by atoms with Crippen molar-refractivity contribution < 1.29 is 19.0 Å². The Kier molecular flexibility index (Phi) is 5.12. The molecule has 0 atom stereocenters. The van der Waals surface area contributed by atoms with Crippen molar-refractivity contribution in [2.45, 2.75) is 0 Å². The van der Waals surface area contributed by atoms with Gasteiger partial charge in [-0.25, -0.2) is 4.98 Å². The minimum atomic E-state index is -0.00405. The van der Waals surface area contributed by atoms with Crippen molar-refractivity contribution in [1.29, 1.82) is 0 Å². The van der Waals surface area contributed by atoms with Gasteiger partial charge in [0.15, 0.2) is 0 Å². The first-order valence-electron chi connectivity index (χ1n) is 9.20. The molecule has 2 heterocycles. The summed E-state index contributed by atoms with van der Waals surface area (Å²) in [4.78, 5) is 19.9. The van der Waals surface area contributed by atoms with Crippen molar-refractivity contribution in [2.24, 2.45) is 0 Å². The molecule has 144 valence electrons. The van der Waals surface area contributed by atoms with Gasteiger partial charge in [-0.3, -0.25) is 4.79 Å². The Morgan fingerprint density at radius 3 is 2.57 bits per heavy atom. The molecule has 6 nitrogen and oxygen atoms in total. The van der Waals surface area contributed by atoms with Gasteiger partial charge in [0.2, 0.25) is 0 Å². The molecule has 28 heavy (non-hydrogen) atoms. The number of carbonyl (C=O) groups is 1. The highest BCUT2D eigenvalue weighted by atomic mass is 16.5. The monoisotopic (exact) mass is 378 g/mol. The molecule has 1 fully saturated rings. The number of nitrogens with zero attached hydrogens (tertiary/aromatic N) is 2. The lowest BCUT2D eigenvalue weighted by atomic mass is 10.0. The van der Waals surface area contributed by atoms with Crippen LogP contribution in [0.5, 0.6) is 11.5 Å². The van der Waals surface area contributed by atoms with E-state index >= 15 is 0 Å². The summed E-state index contributed by atoms with van der Waals surface area (Å²) in [5, 5.41) is 0.843. The molecule has 1 amide bonds. The molecule has 3 aromatic rings. The smallest absolute Gasteiger partial charge is 0.254 e. The molecule has 1 aromatic heterocycles. The predicted octanol–water partition coefficient (Wildman–Crippen LogP) is 3.39. The highest BCUT2D eigenvalue weighted by molar-refractivity contribution is 6.07. The molecule has 4 rings (SSSR count). The lowest BCUT2D eigenvalue weighted by Gasteiger charge is -2.27. The maximum Gasteiger partial charge on any atom is 0.254 e. The average Bonchev–Trinajstić information content (AvgIpc) is 2.78. The van der Waals surface area contributed by atoms with E-state index in [9.17, 15) is 4.79 Å². The molecule has 6 heteroatoms. The molecule has 2 aromatic carbocycles. The summed E-state index contributed by atoms with van der Waals surface area (Å²) in [6.45, 7) is 2.31. The fourth-order valence-electron chi connectivity index (χ4n) is 3.44. The van der Waals surface area contributed by atoms with E-state index in [-0.39, 0.29) is 5.91 Å². The van der Waals surface area contributed by atoms with Crippen LogP contribution in [0.15, 0.2) is 48.5 Å². The SMILES string of the molecule is COc1ccc(-c2cc(C(=O)N3CCOCC3)c3ccccc3n2)c(OC)c1. The second kappa shape index (κ2) is 7.86. The quantitative estimate of drug-likeness (QED) is 0.696. The average molecular weight is 378 g/mol. The van der Waals surface area contributed by atoms with Gasteiger partial charge in [-0.1, -0.05) is 18.2 Å². The summed E-state index contributed by atoms with van der Waals surface area (Å²) in [6, 6.07) is 15.1. The Hall–Kier alpha value is -3.12. The zero-order chi connectivity index (χ0) is 19.5. The second-order valence-electron chi connectivity index (χ2n) is 6.54. The molecule has 0 radical (unpaired) electrons. The molecule has 1 aliphatic rings. The van der Waals surface area contributed by atoms with E-state index in [2.05, 4.69) is 0 Å². The normalized spacial score (nSPS) is 14.1. The molecular weight excluding hydrogens is 356 g/mol. The van der Waals surface area contributed by atoms with Crippen LogP contribution in [0, 0.1) is 0 Å². The first-order chi connectivity index (χ1) is 13.7. The lowest BCUT2D eigenvalue weighted by molar-refractivity contribution is 0.0304. The first kappa shape index (κ1) is 18.3. The topological polar surface area (TPSA) is 60.9 Å². The number of ether oxygens (including phenoxy) is 3. The third-order valence-corrected chi connectivity index (χ3v) is 4.93. The highest BCUT2D eigenvalue weighted by Gasteiger charge is 2.22. The van der Waals surface area contributed by atoms with E-state index in [1.165, 1.54) is 0 Å². The molecule has 0 spiro atoms. The Morgan fingerprint density at radius 2 is 1.82 bits per heavy atom. The molecular formula is C22H22N2O4. The molecule has 1 saturated heterocycles. The Balaban J connectivity index is 1.86. The van der Waals surface area contributed by atoms with Gasteiger partial charge < -0.3 is 19.1 Å². The van der Waals surface area contributed by atoms with Crippen molar-refractivity contribution >= 4 is 16.8 Å².